The van der Waals surface area contributed by atoms with Crippen LogP contribution in [0.5, 0.6) is 5.75 Å². The number of hydrogen-bond acceptors (Lipinski definition) is 4. The van der Waals surface area contributed by atoms with E-state index in [0.717, 1.165) is 10.0 Å². The van der Waals surface area contributed by atoms with E-state index < -0.39 is 22.0 Å². The summed E-state index contributed by atoms with van der Waals surface area (Å²) in [7, 11) is -2.31. The molecule has 0 heterocycles. The lowest BCUT2D eigenvalue weighted by atomic mass is 10.1. The molecule has 0 spiro atoms. The number of methoxy groups -OCH3 is 1. The Kier molecular flexibility index (Phi) is 6.80. The third-order valence-corrected chi connectivity index (χ3v) is 6.10. The lowest BCUT2D eigenvalue weighted by Crippen LogP contribution is -2.45. The van der Waals surface area contributed by atoms with E-state index in [1.54, 1.807) is 12.1 Å². The molecule has 1 amide bonds. The van der Waals surface area contributed by atoms with Gasteiger partial charge in [0.15, 0.2) is 0 Å². The first-order chi connectivity index (χ1) is 12.2. The summed E-state index contributed by atoms with van der Waals surface area (Å²) in [5.41, 5.74) is 0.908. The fourth-order valence-corrected chi connectivity index (χ4v) is 4.18. The largest absolute Gasteiger partial charge is 0.497 e. The second-order valence-corrected chi connectivity index (χ2v) is 8.34. The number of sulfonamides is 1. The minimum absolute atomic E-state index is 0.0665. The second kappa shape index (κ2) is 8.66. The predicted octanol–water partition coefficient (Wildman–Crippen LogP) is 3.00. The highest BCUT2D eigenvalue weighted by Gasteiger charge is 2.23. The number of carbonyl (C=O) groups excluding carboxylic acids is 1. The number of carbonyl (C=O) groups is 1. The number of ether oxygens (including phenoxy) is 1. The van der Waals surface area contributed by atoms with Crippen molar-refractivity contribution in [3.63, 3.8) is 0 Å². The second-order valence-electron chi connectivity index (χ2n) is 5.77. The minimum Gasteiger partial charge on any atom is -0.497 e. The molecule has 26 heavy (non-hydrogen) atoms. The van der Waals surface area contributed by atoms with Crippen molar-refractivity contribution >= 4 is 31.9 Å². The normalized spacial score (nSPS) is 13.7. The van der Waals surface area contributed by atoms with Crippen LogP contribution >= 0.6 is 15.9 Å². The van der Waals surface area contributed by atoms with Crippen molar-refractivity contribution in [3.05, 3.63) is 58.6 Å². The van der Waals surface area contributed by atoms with Gasteiger partial charge in [0.05, 0.1) is 24.1 Å². The van der Waals surface area contributed by atoms with Gasteiger partial charge in [-0.25, -0.2) is 8.42 Å². The summed E-state index contributed by atoms with van der Waals surface area (Å²) in [4.78, 5) is 12.4. The third-order valence-electron chi connectivity index (χ3n) is 3.83. The molecule has 6 nitrogen and oxygen atoms in total. The summed E-state index contributed by atoms with van der Waals surface area (Å²) >= 11 is 3.44. The van der Waals surface area contributed by atoms with Crippen LogP contribution in [0.2, 0.25) is 0 Å². The van der Waals surface area contributed by atoms with E-state index >= 15 is 0 Å². The first-order valence-corrected chi connectivity index (χ1v) is 10.2. The molecule has 0 bridgehead atoms. The van der Waals surface area contributed by atoms with Crippen LogP contribution in [-0.4, -0.2) is 27.5 Å². The summed E-state index contributed by atoms with van der Waals surface area (Å²) in [6.07, 6.45) is 0. The molecule has 0 fully saturated rings. The van der Waals surface area contributed by atoms with Crippen LogP contribution in [0.3, 0.4) is 0 Å². The van der Waals surface area contributed by atoms with Crippen molar-refractivity contribution in [2.75, 3.05) is 7.11 Å². The Hall–Kier alpha value is -1.90. The first-order valence-electron chi connectivity index (χ1n) is 7.96. The predicted molar refractivity (Wildman–Crippen MR) is 103 cm³/mol. The first kappa shape index (κ1) is 20.4. The molecule has 0 aliphatic rings. The number of benzene rings is 2. The molecule has 1 unspecified atom stereocenters. The van der Waals surface area contributed by atoms with Crippen molar-refractivity contribution in [1.29, 1.82) is 0 Å². The molecule has 8 heteroatoms. The van der Waals surface area contributed by atoms with Gasteiger partial charge >= 0.3 is 0 Å². The lowest BCUT2D eigenvalue weighted by molar-refractivity contribution is -0.123. The summed E-state index contributed by atoms with van der Waals surface area (Å²) < 4.78 is 33.1. The smallest absolute Gasteiger partial charge is 0.241 e. The Labute approximate surface area is 162 Å². The zero-order valence-electron chi connectivity index (χ0n) is 14.7. The monoisotopic (exact) mass is 440 g/mol. The molecule has 2 aromatic carbocycles. The SMILES string of the molecule is COc1ccc(S(=O)(=O)N[C@@H](C)C(=O)NC(C)c2ccccc2Br)cc1. The van der Waals surface area contributed by atoms with Crippen molar-refractivity contribution in [1.82, 2.24) is 10.0 Å². The molecule has 0 aliphatic carbocycles. The van der Waals surface area contributed by atoms with Crippen molar-refractivity contribution in [3.8, 4) is 5.75 Å². The molecule has 0 aromatic heterocycles. The molecule has 2 aromatic rings. The maximum Gasteiger partial charge on any atom is 0.241 e. The van der Waals surface area contributed by atoms with Gasteiger partial charge in [0, 0.05) is 4.47 Å². The van der Waals surface area contributed by atoms with Crippen LogP contribution in [-0.2, 0) is 14.8 Å². The molecule has 2 rings (SSSR count). The molecule has 0 aliphatic heterocycles. The van der Waals surface area contributed by atoms with Crippen LogP contribution in [0.4, 0.5) is 0 Å². The van der Waals surface area contributed by atoms with E-state index in [0.29, 0.717) is 5.75 Å². The third kappa shape index (κ3) is 5.06. The number of hydrogen-bond donors (Lipinski definition) is 2. The van der Waals surface area contributed by atoms with E-state index in [4.69, 9.17) is 4.74 Å². The molecular weight excluding hydrogens is 420 g/mol. The topological polar surface area (TPSA) is 84.5 Å². The van der Waals surface area contributed by atoms with E-state index in [2.05, 4.69) is 26.0 Å². The van der Waals surface area contributed by atoms with Crippen molar-refractivity contribution in [2.45, 2.75) is 30.8 Å². The Morgan fingerprint density at radius 2 is 1.69 bits per heavy atom. The maximum absolute atomic E-state index is 12.4. The van der Waals surface area contributed by atoms with Gasteiger partial charge in [-0.05, 0) is 49.7 Å². The van der Waals surface area contributed by atoms with Crippen LogP contribution in [0, 0.1) is 0 Å². The fraction of sp³-hybridized carbons (Fsp3) is 0.278. The summed E-state index contributed by atoms with van der Waals surface area (Å²) in [5, 5.41) is 2.81. The summed E-state index contributed by atoms with van der Waals surface area (Å²) in [6, 6.07) is 12.3. The zero-order chi connectivity index (χ0) is 19.3. The quantitative estimate of drug-likeness (QED) is 0.692. The number of amides is 1. The Morgan fingerprint density at radius 1 is 1.08 bits per heavy atom. The van der Waals surface area contributed by atoms with Gasteiger partial charge in [0.1, 0.15) is 5.75 Å². The van der Waals surface area contributed by atoms with Gasteiger partial charge < -0.3 is 10.1 Å². The van der Waals surface area contributed by atoms with Crippen molar-refractivity contribution < 1.29 is 17.9 Å². The van der Waals surface area contributed by atoms with Crippen LogP contribution in [0.1, 0.15) is 25.5 Å². The van der Waals surface area contributed by atoms with Crippen molar-refractivity contribution in [2.24, 2.45) is 0 Å². The van der Waals surface area contributed by atoms with Crippen LogP contribution < -0.4 is 14.8 Å². The minimum atomic E-state index is -3.81. The van der Waals surface area contributed by atoms with Gasteiger partial charge in [0.25, 0.3) is 0 Å². The highest BCUT2D eigenvalue weighted by atomic mass is 79.9. The standard InChI is InChI=1S/C18H21BrN2O4S/c1-12(16-6-4-5-7-17(16)19)20-18(22)13(2)21-26(23,24)15-10-8-14(25-3)9-11-15/h4-13,21H,1-3H3,(H,20,22)/t12?,13-/m0/s1. The molecule has 2 atom stereocenters. The number of nitrogens with one attached hydrogen (secondary N) is 2. The van der Waals surface area contributed by atoms with Crippen LogP contribution in [0.15, 0.2) is 57.9 Å². The van der Waals surface area contributed by atoms with Crippen LogP contribution in [0.25, 0.3) is 0 Å². The van der Waals surface area contributed by atoms with E-state index in [9.17, 15) is 13.2 Å². The fourth-order valence-electron chi connectivity index (χ4n) is 2.35. The lowest BCUT2D eigenvalue weighted by Gasteiger charge is -2.19. The van der Waals surface area contributed by atoms with Gasteiger partial charge in [-0.2, -0.15) is 4.72 Å². The highest BCUT2D eigenvalue weighted by Crippen LogP contribution is 2.22. The van der Waals surface area contributed by atoms with Gasteiger partial charge in [-0.15, -0.1) is 0 Å². The van der Waals surface area contributed by atoms with Gasteiger partial charge in [0.2, 0.25) is 15.9 Å². The Balaban J connectivity index is 2.04. The van der Waals surface area contributed by atoms with Gasteiger partial charge in [-0.1, -0.05) is 34.1 Å². The van der Waals surface area contributed by atoms with E-state index in [1.807, 2.05) is 31.2 Å². The molecule has 0 saturated carbocycles. The summed E-state index contributed by atoms with van der Waals surface area (Å²) in [6.45, 7) is 3.34. The highest BCUT2D eigenvalue weighted by molar-refractivity contribution is 9.10. The van der Waals surface area contributed by atoms with Gasteiger partial charge in [-0.3, -0.25) is 4.79 Å². The summed E-state index contributed by atoms with van der Waals surface area (Å²) in [5.74, 6) is 0.141. The zero-order valence-corrected chi connectivity index (χ0v) is 17.1. The average molecular weight is 441 g/mol. The molecular formula is C18H21BrN2O4S. The molecule has 2 N–H and O–H groups in total. The Morgan fingerprint density at radius 3 is 2.27 bits per heavy atom. The molecule has 0 radical (unpaired) electrons. The number of halogens is 1. The molecule has 140 valence electrons. The number of rotatable bonds is 7. The van der Waals surface area contributed by atoms with E-state index in [1.165, 1.54) is 26.2 Å². The van der Waals surface area contributed by atoms with E-state index in [-0.39, 0.29) is 10.9 Å². The molecule has 0 saturated heterocycles. The maximum atomic E-state index is 12.4. The average Bonchev–Trinajstić information content (AvgIpc) is 2.61. The Bertz CT molecular complexity index is 869.